The van der Waals surface area contributed by atoms with Gasteiger partial charge in [-0.1, -0.05) is 23.8 Å². The third kappa shape index (κ3) is 2.99. The minimum atomic E-state index is -0.414. The van der Waals surface area contributed by atoms with E-state index in [-0.39, 0.29) is 4.99 Å². The van der Waals surface area contributed by atoms with Crippen LogP contribution < -0.4 is 11.1 Å². The number of nitrogens with zero attached hydrogens (tertiary/aromatic N) is 1. The molecular formula is C15H13ClFN3S. The molecule has 0 bridgehead atoms. The number of aromatic nitrogens is 1. The van der Waals surface area contributed by atoms with Gasteiger partial charge < -0.3 is 11.1 Å². The summed E-state index contributed by atoms with van der Waals surface area (Å²) in [7, 11) is 0. The summed E-state index contributed by atoms with van der Waals surface area (Å²) in [6.07, 6.45) is 3.00. The average molecular weight is 322 g/mol. The summed E-state index contributed by atoms with van der Waals surface area (Å²) >= 11 is 10.9. The van der Waals surface area contributed by atoms with Crippen LogP contribution in [0.25, 0.3) is 0 Å². The predicted octanol–water partition coefficient (Wildman–Crippen LogP) is 3.74. The smallest absolute Gasteiger partial charge is 0.140 e. The van der Waals surface area contributed by atoms with Crippen molar-refractivity contribution in [3.05, 3.63) is 51.9 Å². The number of hydrogen-bond acceptors (Lipinski definition) is 3. The number of nitrogens with two attached hydrogens (primary N) is 1. The fraction of sp³-hybridized carbons (Fsp3) is 0.200. The van der Waals surface area contributed by atoms with Gasteiger partial charge in [-0.3, -0.25) is 0 Å². The number of rotatable bonds is 3. The van der Waals surface area contributed by atoms with Gasteiger partial charge in [0, 0.05) is 16.4 Å². The van der Waals surface area contributed by atoms with Gasteiger partial charge in [-0.15, -0.1) is 0 Å². The fourth-order valence-electron chi connectivity index (χ4n) is 2.52. The molecule has 0 spiro atoms. The maximum atomic E-state index is 13.4. The average Bonchev–Trinajstić information content (AvgIpc) is 2.83. The number of anilines is 2. The van der Waals surface area contributed by atoms with Gasteiger partial charge >= 0.3 is 0 Å². The van der Waals surface area contributed by atoms with Crippen molar-refractivity contribution in [1.82, 2.24) is 4.98 Å². The molecule has 1 heterocycles. The van der Waals surface area contributed by atoms with E-state index in [4.69, 9.17) is 29.6 Å². The molecule has 1 aliphatic carbocycles. The van der Waals surface area contributed by atoms with Crippen LogP contribution in [0.15, 0.2) is 24.3 Å². The normalized spacial score (nSPS) is 13.0. The molecule has 0 amide bonds. The molecule has 3 rings (SSSR count). The summed E-state index contributed by atoms with van der Waals surface area (Å²) in [4.78, 5) is 4.85. The molecule has 21 heavy (non-hydrogen) atoms. The fourth-order valence-corrected chi connectivity index (χ4v) is 2.90. The van der Waals surface area contributed by atoms with Crippen molar-refractivity contribution in [3.8, 4) is 0 Å². The highest BCUT2D eigenvalue weighted by Crippen LogP contribution is 2.28. The molecule has 3 nitrogen and oxygen atoms in total. The Morgan fingerprint density at radius 1 is 1.29 bits per heavy atom. The second-order valence-electron chi connectivity index (χ2n) is 4.99. The molecule has 0 saturated heterocycles. The molecule has 3 N–H and O–H groups in total. The van der Waals surface area contributed by atoms with Crippen LogP contribution in [-0.4, -0.2) is 9.97 Å². The summed E-state index contributed by atoms with van der Waals surface area (Å²) in [5.74, 6) is 0.132. The van der Waals surface area contributed by atoms with Gasteiger partial charge in [-0.2, -0.15) is 0 Å². The van der Waals surface area contributed by atoms with E-state index >= 15 is 0 Å². The van der Waals surface area contributed by atoms with Crippen LogP contribution in [0, 0.1) is 5.82 Å². The van der Waals surface area contributed by atoms with E-state index in [1.54, 1.807) is 6.07 Å². The van der Waals surface area contributed by atoms with E-state index in [0.717, 1.165) is 25.0 Å². The van der Waals surface area contributed by atoms with Crippen LogP contribution in [0.1, 0.15) is 23.2 Å². The Kier molecular flexibility index (Phi) is 3.78. The first-order valence-corrected chi connectivity index (χ1v) is 7.37. The Hall–Kier alpha value is -1.72. The standard InChI is InChI=1S/C15H13ClFN3S/c16-9-5-10(17)7-11(6-9)19-15-12(14(18)21)4-8-2-1-3-13(8)20-15/h4-7H,1-3H2,(H2,18,21)(H,19,20). The molecule has 0 fully saturated rings. The third-order valence-electron chi connectivity index (χ3n) is 3.44. The van der Waals surface area contributed by atoms with E-state index < -0.39 is 5.82 Å². The van der Waals surface area contributed by atoms with Crippen molar-refractivity contribution in [2.45, 2.75) is 19.3 Å². The second kappa shape index (κ2) is 5.58. The lowest BCUT2D eigenvalue weighted by Gasteiger charge is -2.13. The quantitative estimate of drug-likeness (QED) is 0.846. The highest BCUT2D eigenvalue weighted by molar-refractivity contribution is 7.80. The molecule has 0 radical (unpaired) electrons. The summed E-state index contributed by atoms with van der Waals surface area (Å²) in [6.45, 7) is 0. The zero-order valence-electron chi connectivity index (χ0n) is 11.1. The lowest BCUT2D eigenvalue weighted by atomic mass is 10.1. The number of thiocarbonyl (C=S) groups is 1. The lowest BCUT2D eigenvalue weighted by Crippen LogP contribution is -2.14. The van der Waals surface area contributed by atoms with Gasteiger partial charge in [0.1, 0.15) is 16.6 Å². The van der Waals surface area contributed by atoms with Crippen molar-refractivity contribution in [2.24, 2.45) is 5.73 Å². The first kappa shape index (κ1) is 14.2. The molecule has 0 unspecified atom stereocenters. The predicted molar refractivity (Wildman–Crippen MR) is 86.8 cm³/mol. The molecule has 1 aromatic heterocycles. The van der Waals surface area contributed by atoms with Crippen molar-refractivity contribution < 1.29 is 4.39 Å². The van der Waals surface area contributed by atoms with E-state index in [1.807, 2.05) is 6.07 Å². The van der Waals surface area contributed by atoms with Crippen molar-refractivity contribution in [2.75, 3.05) is 5.32 Å². The Labute approximate surface area is 132 Å². The van der Waals surface area contributed by atoms with E-state index in [0.29, 0.717) is 22.1 Å². The van der Waals surface area contributed by atoms with Crippen LogP contribution in [0.3, 0.4) is 0 Å². The summed E-state index contributed by atoms with van der Waals surface area (Å²) in [5.41, 5.74) is 9.19. The van der Waals surface area contributed by atoms with Crippen molar-refractivity contribution in [1.29, 1.82) is 0 Å². The molecule has 6 heteroatoms. The largest absolute Gasteiger partial charge is 0.389 e. The van der Waals surface area contributed by atoms with Crippen LogP contribution in [0.5, 0.6) is 0 Å². The molecule has 1 aromatic carbocycles. The number of benzene rings is 1. The summed E-state index contributed by atoms with van der Waals surface area (Å²) < 4.78 is 13.4. The van der Waals surface area contributed by atoms with E-state index in [2.05, 4.69) is 10.3 Å². The Bertz CT molecular complexity index is 713. The van der Waals surface area contributed by atoms with Gasteiger partial charge in [0.25, 0.3) is 0 Å². The SMILES string of the molecule is NC(=S)c1cc2c(nc1Nc1cc(F)cc(Cl)c1)CCC2. The maximum absolute atomic E-state index is 13.4. The van der Waals surface area contributed by atoms with Crippen molar-refractivity contribution >= 4 is 40.3 Å². The highest BCUT2D eigenvalue weighted by atomic mass is 35.5. The molecule has 0 saturated carbocycles. The molecule has 108 valence electrons. The van der Waals surface area contributed by atoms with E-state index in [1.165, 1.54) is 17.7 Å². The first-order chi connectivity index (χ1) is 10.0. The van der Waals surface area contributed by atoms with Gasteiger partial charge in [0.15, 0.2) is 0 Å². The number of fused-ring (bicyclic) bond motifs is 1. The maximum Gasteiger partial charge on any atom is 0.140 e. The Morgan fingerprint density at radius 2 is 2.10 bits per heavy atom. The third-order valence-corrected chi connectivity index (χ3v) is 3.88. The Morgan fingerprint density at radius 3 is 2.81 bits per heavy atom. The van der Waals surface area contributed by atoms with Gasteiger partial charge in [-0.25, -0.2) is 9.37 Å². The van der Waals surface area contributed by atoms with Crippen LogP contribution >= 0.6 is 23.8 Å². The molecule has 0 atom stereocenters. The lowest BCUT2D eigenvalue weighted by molar-refractivity contribution is 0.628. The molecule has 1 aliphatic rings. The number of halogens is 2. The van der Waals surface area contributed by atoms with Gasteiger partial charge in [-0.05, 0) is 49.1 Å². The van der Waals surface area contributed by atoms with E-state index in [9.17, 15) is 4.39 Å². The number of hydrogen-bond donors (Lipinski definition) is 2. The molecule has 0 aliphatic heterocycles. The van der Waals surface area contributed by atoms with Crippen LogP contribution in [0.2, 0.25) is 5.02 Å². The summed E-state index contributed by atoms with van der Waals surface area (Å²) in [6, 6.07) is 6.20. The van der Waals surface area contributed by atoms with Crippen molar-refractivity contribution in [3.63, 3.8) is 0 Å². The minimum Gasteiger partial charge on any atom is -0.389 e. The molecular weight excluding hydrogens is 309 g/mol. The van der Waals surface area contributed by atoms with Crippen LogP contribution in [-0.2, 0) is 12.8 Å². The minimum absolute atomic E-state index is 0.266. The number of aryl methyl sites for hydroxylation is 2. The highest BCUT2D eigenvalue weighted by Gasteiger charge is 2.18. The Balaban J connectivity index is 2.03. The monoisotopic (exact) mass is 321 g/mol. The number of pyridine rings is 1. The van der Waals surface area contributed by atoms with Gasteiger partial charge in [0.05, 0.1) is 5.56 Å². The first-order valence-electron chi connectivity index (χ1n) is 6.58. The second-order valence-corrected chi connectivity index (χ2v) is 5.87. The van der Waals surface area contributed by atoms with Crippen LogP contribution in [0.4, 0.5) is 15.9 Å². The molecule has 2 aromatic rings. The number of nitrogens with one attached hydrogen (secondary N) is 1. The summed E-state index contributed by atoms with van der Waals surface area (Å²) in [5, 5.41) is 3.38. The zero-order valence-corrected chi connectivity index (χ0v) is 12.7. The zero-order chi connectivity index (χ0) is 15.0. The topological polar surface area (TPSA) is 50.9 Å². The van der Waals surface area contributed by atoms with Gasteiger partial charge in [0.2, 0.25) is 0 Å².